The summed E-state index contributed by atoms with van der Waals surface area (Å²) >= 11 is 5.56. The average Bonchev–Trinajstić information content (AvgIpc) is 2.00. The molecule has 0 heterocycles. The number of hydrogen-bond donors (Lipinski definition) is 2. The summed E-state index contributed by atoms with van der Waals surface area (Å²) in [6.07, 6.45) is -0.555. The van der Waals surface area contributed by atoms with E-state index in [-0.39, 0.29) is 5.88 Å². The van der Waals surface area contributed by atoms with Crippen LogP contribution in [0.15, 0.2) is 0 Å². The van der Waals surface area contributed by atoms with Crippen LogP contribution < -0.4 is 5.32 Å². The number of ether oxygens (including phenoxy) is 1. The summed E-state index contributed by atoms with van der Waals surface area (Å²) in [5.74, 6) is 0.0456. The van der Waals surface area contributed by atoms with Crippen molar-refractivity contribution < 1.29 is 14.6 Å². The number of carbonyl (C=O) groups is 1. The van der Waals surface area contributed by atoms with Crippen LogP contribution in [-0.4, -0.2) is 34.3 Å². The van der Waals surface area contributed by atoms with Gasteiger partial charge < -0.3 is 15.2 Å². The third kappa shape index (κ3) is 5.85. The van der Waals surface area contributed by atoms with E-state index in [1.165, 1.54) is 0 Å². The highest BCUT2D eigenvalue weighted by atomic mass is 35.5. The highest BCUT2D eigenvalue weighted by Crippen LogP contribution is 2.13. The van der Waals surface area contributed by atoms with Gasteiger partial charge in [-0.05, 0) is 34.6 Å². The fraction of sp³-hybridized carbons (Fsp3) is 0.900. The van der Waals surface area contributed by atoms with Crippen LogP contribution in [0, 0.1) is 0 Å². The highest BCUT2D eigenvalue weighted by Gasteiger charge is 2.29. The van der Waals surface area contributed by atoms with Crippen molar-refractivity contribution in [2.45, 2.75) is 51.9 Å². The van der Waals surface area contributed by atoms with Gasteiger partial charge >= 0.3 is 6.09 Å². The Morgan fingerprint density at radius 1 is 1.47 bits per heavy atom. The number of amides is 1. The van der Waals surface area contributed by atoms with Gasteiger partial charge in [-0.1, -0.05) is 0 Å². The molecular formula is C10H20ClNO3. The molecule has 2 atom stereocenters. The Kier molecular flexibility index (Phi) is 4.87. The number of nitrogens with one attached hydrogen (secondary N) is 1. The van der Waals surface area contributed by atoms with Gasteiger partial charge in [-0.15, -0.1) is 11.6 Å². The molecule has 0 unspecified atom stereocenters. The first-order valence-electron chi connectivity index (χ1n) is 4.86. The molecule has 5 heteroatoms. The SMILES string of the molecule is C[C@@H](NC(=O)OC(C)(C)C)[C@@](C)(O)CCl. The van der Waals surface area contributed by atoms with E-state index in [4.69, 9.17) is 16.3 Å². The van der Waals surface area contributed by atoms with E-state index < -0.39 is 23.3 Å². The van der Waals surface area contributed by atoms with Crippen molar-refractivity contribution in [3.05, 3.63) is 0 Å². The largest absolute Gasteiger partial charge is 0.444 e. The second-order valence-corrected chi connectivity index (χ2v) is 5.13. The molecule has 0 aliphatic heterocycles. The summed E-state index contributed by atoms with van der Waals surface area (Å²) in [5, 5.41) is 12.3. The maximum absolute atomic E-state index is 11.3. The highest BCUT2D eigenvalue weighted by molar-refractivity contribution is 6.18. The van der Waals surface area contributed by atoms with Crippen molar-refractivity contribution in [2.24, 2.45) is 0 Å². The summed E-state index contributed by atoms with van der Waals surface area (Å²) < 4.78 is 5.04. The number of alkyl carbamates (subject to hydrolysis) is 1. The Labute approximate surface area is 95.9 Å². The van der Waals surface area contributed by atoms with Gasteiger partial charge in [-0.2, -0.15) is 0 Å². The maximum atomic E-state index is 11.3. The quantitative estimate of drug-likeness (QED) is 0.737. The normalized spacial score (nSPS) is 17.8. The Bertz CT molecular complexity index is 223. The Hall–Kier alpha value is -0.480. The van der Waals surface area contributed by atoms with Crippen LogP contribution in [0.2, 0.25) is 0 Å². The lowest BCUT2D eigenvalue weighted by atomic mass is 10.0. The lowest BCUT2D eigenvalue weighted by molar-refractivity contribution is 0.0231. The molecular weight excluding hydrogens is 218 g/mol. The van der Waals surface area contributed by atoms with Crippen molar-refractivity contribution in [3.8, 4) is 0 Å². The lowest BCUT2D eigenvalue weighted by Crippen LogP contribution is -2.51. The molecule has 90 valence electrons. The number of halogens is 1. The summed E-state index contributed by atoms with van der Waals surface area (Å²) in [6.45, 7) is 8.55. The number of aliphatic hydroxyl groups is 1. The first kappa shape index (κ1) is 14.5. The first-order chi connectivity index (χ1) is 6.58. The van der Waals surface area contributed by atoms with Gasteiger partial charge in [-0.25, -0.2) is 4.79 Å². The van der Waals surface area contributed by atoms with Crippen LogP contribution in [0.1, 0.15) is 34.6 Å². The number of hydrogen-bond acceptors (Lipinski definition) is 3. The second kappa shape index (κ2) is 5.03. The zero-order chi connectivity index (χ0) is 12.3. The zero-order valence-corrected chi connectivity index (χ0v) is 10.7. The predicted molar refractivity (Wildman–Crippen MR) is 60.2 cm³/mol. The minimum absolute atomic E-state index is 0.0456. The molecule has 0 saturated carbocycles. The molecule has 0 aromatic carbocycles. The molecule has 0 bridgehead atoms. The van der Waals surface area contributed by atoms with Crippen molar-refractivity contribution in [2.75, 3.05) is 5.88 Å². The maximum Gasteiger partial charge on any atom is 0.407 e. The molecule has 0 radical (unpaired) electrons. The van der Waals surface area contributed by atoms with Crippen LogP contribution in [0.3, 0.4) is 0 Å². The van der Waals surface area contributed by atoms with Crippen molar-refractivity contribution >= 4 is 17.7 Å². The molecule has 4 nitrogen and oxygen atoms in total. The van der Waals surface area contributed by atoms with Crippen LogP contribution in [0.5, 0.6) is 0 Å². The topological polar surface area (TPSA) is 58.6 Å². The molecule has 1 amide bonds. The Balaban J connectivity index is 4.20. The minimum Gasteiger partial charge on any atom is -0.444 e. The first-order valence-corrected chi connectivity index (χ1v) is 5.40. The molecule has 0 aromatic rings. The van der Waals surface area contributed by atoms with Crippen molar-refractivity contribution in [3.63, 3.8) is 0 Å². The Morgan fingerprint density at radius 2 is 1.93 bits per heavy atom. The number of rotatable bonds is 3. The van der Waals surface area contributed by atoms with Crippen molar-refractivity contribution in [1.29, 1.82) is 0 Å². The molecule has 0 fully saturated rings. The van der Waals surface area contributed by atoms with E-state index in [0.717, 1.165) is 0 Å². The standard InChI is InChI=1S/C10H20ClNO3/c1-7(10(5,14)6-11)12-8(13)15-9(2,3)4/h7,14H,6H2,1-5H3,(H,12,13)/t7-,10+/m1/s1. The molecule has 0 rings (SSSR count). The zero-order valence-electron chi connectivity index (χ0n) is 9.93. The molecule has 2 N–H and O–H groups in total. The molecule has 15 heavy (non-hydrogen) atoms. The fourth-order valence-corrected chi connectivity index (χ4v) is 0.987. The van der Waals surface area contributed by atoms with Crippen LogP contribution in [0.25, 0.3) is 0 Å². The van der Waals surface area contributed by atoms with E-state index in [1.807, 2.05) is 0 Å². The third-order valence-corrected chi connectivity index (χ3v) is 2.48. The van der Waals surface area contributed by atoms with Gasteiger partial charge in [0.25, 0.3) is 0 Å². The number of alkyl halides is 1. The van der Waals surface area contributed by atoms with E-state index in [0.29, 0.717) is 0 Å². The molecule has 0 aromatic heterocycles. The second-order valence-electron chi connectivity index (χ2n) is 4.86. The average molecular weight is 238 g/mol. The summed E-state index contributed by atoms with van der Waals surface area (Å²) in [4.78, 5) is 11.3. The van der Waals surface area contributed by atoms with Crippen LogP contribution in [0.4, 0.5) is 4.79 Å². The van der Waals surface area contributed by atoms with Gasteiger partial charge in [0.15, 0.2) is 0 Å². The summed E-state index contributed by atoms with van der Waals surface area (Å²) in [6, 6.07) is -0.468. The van der Waals surface area contributed by atoms with Crippen LogP contribution in [-0.2, 0) is 4.74 Å². The lowest BCUT2D eigenvalue weighted by Gasteiger charge is -2.29. The van der Waals surface area contributed by atoms with Crippen LogP contribution >= 0.6 is 11.6 Å². The van der Waals surface area contributed by atoms with Gasteiger partial charge in [0, 0.05) is 0 Å². The van der Waals surface area contributed by atoms with Gasteiger partial charge in [-0.3, -0.25) is 0 Å². The number of carbonyl (C=O) groups excluding carboxylic acids is 1. The van der Waals surface area contributed by atoms with Gasteiger partial charge in [0.1, 0.15) is 5.60 Å². The summed E-state index contributed by atoms with van der Waals surface area (Å²) in [5.41, 5.74) is -1.69. The fourth-order valence-electron chi connectivity index (χ4n) is 0.756. The van der Waals surface area contributed by atoms with E-state index in [9.17, 15) is 9.90 Å². The minimum atomic E-state index is -1.14. The smallest absolute Gasteiger partial charge is 0.407 e. The van der Waals surface area contributed by atoms with E-state index in [1.54, 1.807) is 34.6 Å². The molecule has 0 spiro atoms. The molecule has 0 aliphatic rings. The summed E-state index contributed by atoms with van der Waals surface area (Å²) in [7, 11) is 0. The van der Waals surface area contributed by atoms with E-state index >= 15 is 0 Å². The predicted octanol–water partition coefficient (Wildman–Crippen LogP) is 1.89. The van der Waals surface area contributed by atoms with E-state index in [2.05, 4.69) is 5.32 Å². The monoisotopic (exact) mass is 237 g/mol. The third-order valence-electron chi connectivity index (χ3n) is 1.94. The molecule has 0 aliphatic carbocycles. The van der Waals surface area contributed by atoms with Crippen molar-refractivity contribution in [1.82, 2.24) is 5.32 Å². The van der Waals surface area contributed by atoms with Gasteiger partial charge in [0.2, 0.25) is 0 Å². The van der Waals surface area contributed by atoms with Gasteiger partial charge in [0.05, 0.1) is 17.5 Å². The molecule has 0 saturated heterocycles. The Morgan fingerprint density at radius 3 is 2.27 bits per heavy atom.